The predicted molar refractivity (Wildman–Crippen MR) is 89.8 cm³/mol. The lowest BCUT2D eigenvalue weighted by molar-refractivity contribution is 0.192. The monoisotopic (exact) mass is 285 g/mol. The zero-order chi connectivity index (χ0) is 15.0. The minimum Gasteiger partial charge on any atom is -0.357 e. The van der Waals surface area contributed by atoms with Gasteiger partial charge in [0.1, 0.15) is 0 Å². The number of para-hydroxylation sites is 1. The topological polar surface area (TPSA) is 22.3 Å². The van der Waals surface area contributed by atoms with Gasteiger partial charge in [-0.25, -0.2) is 0 Å². The van der Waals surface area contributed by atoms with E-state index in [-0.39, 0.29) is 0 Å². The minimum absolute atomic E-state index is 0.615. The molecule has 1 aliphatic heterocycles. The molecule has 1 fully saturated rings. The number of hydrogen-bond donors (Lipinski definition) is 1. The molecule has 1 saturated heterocycles. The fourth-order valence-electron chi connectivity index (χ4n) is 3.57. The predicted octanol–water partition coefficient (Wildman–Crippen LogP) is 3.31. The quantitative estimate of drug-likeness (QED) is 0.914. The third-order valence-corrected chi connectivity index (χ3v) is 4.95. The van der Waals surface area contributed by atoms with Gasteiger partial charge in [0.25, 0.3) is 0 Å². The number of aryl methyl sites for hydroxylation is 2. The Hall–Kier alpha value is -1.32. The van der Waals surface area contributed by atoms with Crippen molar-refractivity contribution in [3.8, 4) is 0 Å². The summed E-state index contributed by atoms with van der Waals surface area (Å²) in [6, 6.07) is 7.19. The number of aromatic nitrogens is 1. The van der Waals surface area contributed by atoms with Crippen molar-refractivity contribution in [1.82, 2.24) is 14.8 Å². The second-order valence-electron chi connectivity index (χ2n) is 6.66. The van der Waals surface area contributed by atoms with E-state index >= 15 is 0 Å². The number of hydrogen-bond acceptors (Lipinski definition) is 2. The van der Waals surface area contributed by atoms with Gasteiger partial charge in [0.2, 0.25) is 0 Å². The lowest BCUT2D eigenvalue weighted by Gasteiger charge is -2.27. The van der Waals surface area contributed by atoms with Gasteiger partial charge in [0.05, 0.1) is 0 Å². The molecule has 1 aliphatic rings. The molecular weight excluding hydrogens is 258 g/mol. The van der Waals surface area contributed by atoms with Crippen LogP contribution in [0.2, 0.25) is 0 Å². The molecule has 3 nitrogen and oxygen atoms in total. The Morgan fingerprint density at radius 1 is 1.24 bits per heavy atom. The summed E-state index contributed by atoms with van der Waals surface area (Å²) in [5.74, 6) is 0. The summed E-state index contributed by atoms with van der Waals surface area (Å²) in [4.78, 5) is 8.75. The highest BCUT2D eigenvalue weighted by molar-refractivity contribution is 5.86. The van der Waals surface area contributed by atoms with Gasteiger partial charge >= 0.3 is 0 Å². The van der Waals surface area contributed by atoms with Crippen molar-refractivity contribution in [3.63, 3.8) is 0 Å². The van der Waals surface area contributed by atoms with Crippen molar-refractivity contribution < 1.29 is 0 Å². The van der Waals surface area contributed by atoms with E-state index in [9.17, 15) is 0 Å². The molecule has 0 spiro atoms. The summed E-state index contributed by atoms with van der Waals surface area (Å²) < 4.78 is 0. The van der Waals surface area contributed by atoms with Crippen molar-refractivity contribution >= 4 is 10.9 Å². The number of aromatic amines is 1. The Kier molecular flexibility index (Phi) is 4.05. The molecule has 0 saturated carbocycles. The van der Waals surface area contributed by atoms with Crippen LogP contribution in [0.3, 0.4) is 0 Å². The fourth-order valence-corrected chi connectivity index (χ4v) is 3.57. The Labute approximate surface area is 127 Å². The second kappa shape index (κ2) is 5.82. The Bertz CT molecular complexity index is 629. The molecule has 1 N–H and O–H groups in total. The Morgan fingerprint density at radius 2 is 2.05 bits per heavy atom. The standard InChI is InChI=1S/C18H27N3/c1-13-7-5-8-16-15(3)17(19-18(13)16)12-21-10-6-9-20(4)11-14(21)2/h5,7-8,14,19H,6,9-12H2,1-4H3. The molecule has 1 atom stereocenters. The van der Waals surface area contributed by atoms with Crippen LogP contribution in [0.25, 0.3) is 10.9 Å². The van der Waals surface area contributed by atoms with Crippen LogP contribution in [0.5, 0.6) is 0 Å². The number of fused-ring (bicyclic) bond motifs is 1. The van der Waals surface area contributed by atoms with Crippen LogP contribution >= 0.6 is 0 Å². The Morgan fingerprint density at radius 3 is 2.81 bits per heavy atom. The largest absolute Gasteiger partial charge is 0.357 e. The number of nitrogens with zero attached hydrogens (tertiary/aromatic N) is 2. The normalized spacial score (nSPS) is 21.8. The minimum atomic E-state index is 0.615. The van der Waals surface area contributed by atoms with Crippen molar-refractivity contribution in [2.45, 2.75) is 39.8 Å². The molecule has 114 valence electrons. The first-order valence-electron chi connectivity index (χ1n) is 8.05. The molecule has 0 radical (unpaired) electrons. The van der Waals surface area contributed by atoms with Crippen LogP contribution in [0.4, 0.5) is 0 Å². The number of H-pyrrole nitrogens is 1. The van der Waals surface area contributed by atoms with Crippen LogP contribution < -0.4 is 0 Å². The van der Waals surface area contributed by atoms with E-state index in [1.165, 1.54) is 47.2 Å². The molecule has 1 aromatic carbocycles. The molecule has 1 unspecified atom stereocenters. The van der Waals surface area contributed by atoms with Gasteiger partial charge in [-0.2, -0.15) is 0 Å². The van der Waals surface area contributed by atoms with E-state index < -0.39 is 0 Å². The third-order valence-electron chi connectivity index (χ3n) is 4.95. The van der Waals surface area contributed by atoms with Gasteiger partial charge in [-0.15, -0.1) is 0 Å². The summed E-state index contributed by atoms with van der Waals surface area (Å²) >= 11 is 0. The molecule has 1 aromatic heterocycles. The number of nitrogens with one attached hydrogen (secondary N) is 1. The fraction of sp³-hybridized carbons (Fsp3) is 0.556. The molecule has 2 aromatic rings. The maximum atomic E-state index is 3.68. The second-order valence-corrected chi connectivity index (χ2v) is 6.66. The lowest BCUT2D eigenvalue weighted by Crippen LogP contribution is -2.37. The molecule has 0 bridgehead atoms. The highest BCUT2D eigenvalue weighted by Crippen LogP contribution is 2.26. The number of benzene rings is 1. The third kappa shape index (κ3) is 2.85. The van der Waals surface area contributed by atoms with E-state index in [2.05, 4.69) is 60.8 Å². The van der Waals surface area contributed by atoms with Gasteiger partial charge in [-0.3, -0.25) is 4.90 Å². The van der Waals surface area contributed by atoms with E-state index in [1.54, 1.807) is 0 Å². The van der Waals surface area contributed by atoms with Crippen molar-refractivity contribution in [1.29, 1.82) is 0 Å². The average Bonchev–Trinajstić information content (AvgIpc) is 2.67. The molecular formula is C18H27N3. The van der Waals surface area contributed by atoms with Crippen LogP contribution in [-0.4, -0.2) is 47.5 Å². The summed E-state index contributed by atoms with van der Waals surface area (Å²) in [7, 11) is 2.23. The highest BCUT2D eigenvalue weighted by Gasteiger charge is 2.21. The van der Waals surface area contributed by atoms with E-state index in [4.69, 9.17) is 0 Å². The van der Waals surface area contributed by atoms with E-state index in [0.29, 0.717) is 6.04 Å². The number of likely N-dealkylation sites (N-methyl/N-ethyl adjacent to an activating group) is 1. The first-order valence-corrected chi connectivity index (χ1v) is 8.05. The molecule has 3 heteroatoms. The molecule has 2 heterocycles. The van der Waals surface area contributed by atoms with E-state index in [0.717, 1.165) is 13.1 Å². The first-order chi connectivity index (χ1) is 10.1. The van der Waals surface area contributed by atoms with Crippen molar-refractivity contribution in [3.05, 3.63) is 35.0 Å². The molecule has 0 aliphatic carbocycles. The van der Waals surface area contributed by atoms with Crippen LogP contribution in [-0.2, 0) is 6.54 Å². The SMILES string of the molecule is Cc1c(CN2CCCN(C)CC2C)[nH]c2c(C)cccc12. The zero-order valence-corrected chi connectivity index (χ0v) is 13.7. The summed E-state index contributed by atoms with van der Waals surface area (Å²) in [6.07, 6.45) is 1.26. The van der Waals surface area contributed by atoms with Crippen LogP contribution in [0.1, 0.15) is 30.2 Å². The zero-order valence-electron chi connectivity index (χ0n) is 13.7. The summed E-state index contributed by atoms with van der Waals surface area (Å²) in [5.41, 5.74) is 5.45. The average molecular weight is 285 g/mol. The first kappa shape index (κ1) is 14.6. The highest BCUT2D eigenvalue weighted by atomic mass is 15.2. The van der Waals surface area contributed by atoms with Crippen LogP contribution in [0, 0.1) is 13.8 Å². The molecule has 0 amide bonds. The van der Waals surface area contributed by atoms with Gasteiger partial charge in [0.15, 0.2) is 0 Å². The van der Waals surface area contributed by atoms with Gasteiger partial charge in [-0.05, 0) is 51.9 Å². The maximum Gasteiger partial charge on any atom is 0.0488 e. The van der Waals surface area contributed by atoms with Gasteiger partial charge in [0, 0.05) is 42.3 Å². The maximum absolute atomic E-state index is 3.68. The molecule has 3 rings (SSSR count). The lowest BCUT2D eigenvalue weighted by atomic mass is 10.1. The van der Waals surface area contributed by atoms with Gasteiger partial charge < -0.3 is 9.88 Å². The van der Waals surface area contributed by atoms with Gasteiger partial charge in [-0.1, -0.05) is 18.2 Å². The van der Waals surface area contributed by atoms with Crippen molar-refractivity contribution in [2.75, 3.05) is 26.7 Å². The summed E-state index contributed by atoms with van der Waals surface area (Å²) in [5, 5.41) is 1.38. The van der Waals surface area contributed by atoms with Crippen LogP contribution in [0.15, 0.2) is 18.2 Å². The molecule has 21 heavy (non-hydrogen) atoms. The van der Waals surface area contributed by atoms with E-state index in [1.807, 2.05) is 0 Å². The van der Waals surface area contributed by atoms with Crippen molar-refractivity contribution in [2.24, 2.45) is 0 Å². The Balaban J connectivity index is 1.87. The summed E-state index contributed by atoms with van der Waals surface area (Å²) in [6.45, 7) is 11.4. The smallest absolute Gasteiger partial charge is 0.0488 e. The number of rotatable bonds is 2.